The molecule has 1 amide bonds. The van der Waals surface area contributed by atoms with Gasteiger partial charge >= 0.3 is 5.97 Å². The zero-order chi connectivity index (χ0) is 16.3. The molecule has 0 spiro atoms. The molecule has 22 heavy (non-hydrogen) atoms. The summed E-state index contributed by atoms with van der Waals surface area (Å²) in [7, 11) is 0. The molecule has 122 valence electrons. The Morgan fingerprint density at radius 3 is 2.86 bits per heavy atom. The number of aliphatic carboxylic acids is 1. The van der Waals surface area contributed by atoms with Crippen molar-refractivity contribution in [3.05, 3.63) is 16.1 Å². The lowest BCUT2D eigenvalue weighted by molar-refractivity contribution is -0.138. The van der Waals surface area contributed by atoms with Gasteiger partial charge in [0.15, 0.2) is 0 Å². The van der Waals surface area contributed by atoms with Crippen LogP contribution in [0.1, 0.15) is 60.8 Å². The molecule has 2 rings (SSSR count). The summed E-state index contributed by atoms with van der Waals surface area (Å²) in [6.07, 6.45) is 3.35. The zero-order valence-electron chi connectivity index (χ0n) is 13.1. The molecule has 0 aliphatic carbocycles. The Morgan fingerprint density at radius 2 is 2.32 bits per heavy atom. The molecule has 0 radical (unpaired) electrons. The minimum atomic E-state index is -0.930. The highest BCUT2D eigenvalue weighted by Gasteiger charge is 2.34. The summed E-state index contributed by atoms with van der Waals surface area (Å²) in [6, 6.07) is 0. The van der Waals surface area contributed by atoms with Crippen molar-refractivity contribution in [3.8, 4) is 0 Å². The van der Waals surface area contributed by atoms with E-state index >= 15 is 0 Å². The van der Waals surface area contributed by atoms with Crippen molar-refractivity contribution in [1.29, 1.82) is 0 Å². The van der Waals surface area contributed by atoms with E-state index in [2.05, 4.69) is 10.3 Å². The third-order valence-electron chi connectivity index (χ3n) is 4.14. The van der Waals surface area contributed by atoms with E-state index in [0.717, 1.165) is 24.5 Å². The summed E-state index contributed by atoms with van der Waals surface area (Å²) in [5.74, 6) is -1.21. The first kappa shape index (κ1) is 16.9. The van der Waals surface area contributed by atoms with Gasteiger partial charge in [-0.1, -0.05) is 13.8 Å². The average Bonchev–Trinajstić information content (AvgIpc) is 3.08. The number of carboxylic acids is 1. The van der Waals surface area contributed by atoms with Gasteiger partial charge in [0, 0.05) is 6.61 Å². The Labute approximate surface area is 133 Å². The normalized spacial score (nSPS) is 20.8. The molecule has 7 heteroatoms. The van der Waals surface area contributed by atoms with Gasteiger partial charge < -0.3 is 15.2 Å². The molecule has 1 aromatic heterocycles. The molecule has 0 saturated carbocycles. The van der Waals surface area contributed by atoms with Crippen LogP contribution in [-0.2, 0) is 9.53 Å². The number of carbonyl (C=O) groups excluding carboxylic acids is 1. The summed E-state index contributed by atoms with van der Waals surface area (Å²) in [5.41, 5.74) is -0.795. The highest BCUT2D eigenvalue weighted by atomic mass is 32.1. The number of hydrogen-bond acceptors (Lipinski definition) is 5. The fraction of sp³-hybridized carbons (Fsp3) is 0.667. The van der Waals surface area contributed by atoms with Gasteiger partial charge in [0.2, 0.25) is 0 Å². The number of aromatic nitrogens is 1. The van der Waals surface area contributed by atoms with Gasteiger partial charge in [0.05, 0.1) is 18.2 Å². The second-order valence-corrected chi connectivity index (χ2v) is 7.22. The number of thiazole rings is 1. The lowest BCUT2D eigenvalue weighted by atomic mass is 9.85. The molecule has 1 aliphatic rings. The largest absolute Gasteiger partial charge is 0.481 e. The monoisotopic (exact) mass is 326 g/mol. The zero-order valence-corrected chi connectivity index (χ0v) is 13.9. The van der Waals surface area contributed by atoms with Crippen LogP contribution in [0.3, 0.4) is 0 Å². The molecule has 0 aromatic carbocycles. The molecule has 2 heterocycles. The summed E-state index contributed by atoms with van der Waals surface area (Å²) < 4.78 is 5.56. The van der Waals surface area contributed by atoms with Crippen LogP contribution >= 0.6 is 11.3 Å². The maximum absolute atomic E-state index is 12.4. The number of nitrogens with one attached hydrogen (secondary N) is 1. The van der Waals surface area contributed by atoms with E-state index in [4.69, 9.17) is 9.84 Å². The van der Waals surface area contributed by atoms with Gasteiger partial charge in [-0.2, -0.15) is 0 Å². The average molecular weight is 326 g/mol. The van der Waals surface area contributed by atoms with Crippen LogP contribution in [0.15, 0.2) is 6.20 Å². The van der Waals surface area contributed by atoms with E-state index in [1.54, 1.807) is 13.1 Å². The molecule has 1 aromatic rings. The number of carbonyl (C=O) groups is 2. The van der Waals surface area contributed by atoms with Crippen molar-refractivity contribution in [2.24, 2.45) is 5.92 Å². The van der Waals surface area contributed by atoms with Crippen molar-refractivity contribution in [1.82, 2.24) is 10.3 Å². The van der Waals surface area contributed by atoms with Gasteiger partial charge in [-0.3, -0.25) is 9.59 Å². The van der Waals surface area contributed by atoms with Gasteiger partial charge in [-0.15, -0.1) is 11.3 Å². The van der Waals surface area contributed by atoms with Crippen molar-refractivity contribution >= 4 is 23.2 Å². The highest BCUT2D eigenvalue weighted by molar-refractivity contribution is 7.13. The van der Waals surface area contributed by atoms with Gasteiger partial charge in [-0.05, 0) is 25.7 Å². The Morgan fingerprint density at radius 1 is 1.59 bits per heavy atom. The van der Waals surface area contributed by atoms with E-state index in [1.165, 1.54) is 11.3 Å². The van der Waals surface area contributed by atoms with E-state index in [9.17, 15) is 9.59 Å². The van der Waals surface area contributed by atoms with Crippen LogP contribution in [0.5, 0.6) is 0 Å². The molecule has 1 aliphatic heterocycles. The number of ether oxygens (including phenoxy) is 1. The van der Waals surface area contributed by atoms with Gasteiger partial charge in [0.25, 0.3) is 5.91 Å². The van der Waals surface area contributed by atoms with Crippen LogP contribution in [0, 0.1) is 5.92 Å². The first-order valence-electron chi connectivity index (χ1n) is 7.43. The minimum Gasteiger partial charge on any atom is -0.481 e. The lowest BCUT2D eigenvalue weighted by Gasteiger charge is -2.33. The Kier molecular flexibility index (Phi) is 5.18. The first-order valence-corrected chi connectivity index (χ1v) is 8.25. The topological polar surface area (TPSA) is 88.5 Å². The minimum absolute atomic E-state index is 0.00175. The van der Waals surface area contributed by atoms with E-state index in [0.29, 0.717) is 4.88 Å². The quantitative estimate of drug-likeness (QED) is 0.839. The summed E-state index contributed by atoms with van der Waals surface area (Å²) in [6.45, 7) is 6.28. The standard InChI is InChI=1S/C15H22N2O4S/c1-9(2)15(3,7-12(18)19)17-13(20)11-8-16-14(22-11)10-5-4-6-21-10/h8-10H,4-7H2,1-3H3,(H,17,20)(H,18,19). The van der Waals surface area contributed by atoms with Crippen LogP contribution in [0.25, 0.3) is 0 Å². The predicted octanol–water partition coefficient (Wildman–Crippen LogP) is 2.61. The van der Waals surface area contributed by atoms with Crippen molar-refractivity contribution in [2.45, 2.75) is 51.7 Å². The summed E-state index contributed by atoms with van der Waals surface area (Å²) in [5, 5.41) is 12.7. The molecule has 0 bridgehead atoms. The Balaban J connectivity index is 2.08. The summed E-state index contributed by atoms with van der Waals surface area (Å²) >= 11 is 1.31. The second-order valence-electron chi connectivity index (χ2n) is 6.16. The molecule has 1 fully saturated rings. The molecule has 2 N–H and O–H groups in total. The molecule has 2 atom stereocenters. The highest BCUT2D eigenvalue weighted by Crippen LogP contribution is 2.31. The first-order chi connectivity index (χ1) is 10.3. The molecule has 1 saturated heterocycles. The maximum Gasteiger partial charge on any atom is 0.305 e. The Bertz CT molecular complexity index is 551. The molecule has 2 unspecified atom stereocenters. The molecular formula is C15H22N2O4S. The van der Waals surface area contributed by atoms with Crippen molar-refractivity contribution in [3.63, 3.8) is 0 Å². The fourth-order valence-electron chi connectivity index (χ4n) is 2.34. The van der Waals surface area contributed by atoms with Crippen LogP contribution in [0.4, 0.5) is 0 Å². The van der Waals surface area contributed by atoms with Crippen LogP contribution in [-0.4, -0.2) is 34.1 Å². The van der Waals surface area contributed by atoms with Gasteiger partial charge in [-0.25, -0.2) is 4.98 Å². The SMILES string of the molecule is CC(C)C(C)(CC(=O)O)NC(=O)c1cnc(C2CCCO2)s1. The second kappa shape index (κ2) is 6.75. The van der Waals surface area contributed by atoms with E-state index in [-0.39, 0.29) is 24.3 Å². The Hall–Kier alpha value is -1.47. The van der Waals surface area contributed by atoms with Gasteiger partial charge in [0.1, 0.15) is 16.0 Å². The molecular weight excluding hydrogens is 304 g/mol. The smallest absolute Gasteiger partial charge is 0.305 e. The van der Waals surface area contributed by atoms with Crippen molar-refractivity contribution < 1.29 is 19.4 Å². The maximum atomic E-state index is 12.4. The van der Waals surface area contributed by atoms with E-state index < -0.39 is 11.5 Å². The number of carboxylic acid groups (broad SMARTS) is 1. The predicted molar refractivity (Wildman–Crippen MR) is 83.0 cm³/mol. The van der Waals surface area contributed by atoms with Crippen molar-refractivity contribution in [2.75, 3.05) is 6.61 Å². The van der Waals surface area contributed by atoms with Crippen LogP contribution in [0.2, 0.25) is 0 Å². The third kappa shape index (κ3) is 3.84. The molecule has 6 nitrogen and oxygen atoms in total. The number of hydrogen-bond donors (Lipinski definition) is 2. The van der Waals surface area contributed by atoms with Crippen LogP contribution < -0.4 is 5.32 Å². The number of rotatable bonds is 6. The lowest BCUT2D eigenvalue weighted by Crippen LogP contribution is -2.51. The number of nitrogens with zero attached hydrogens (tertiary/aromatic N) is 1. The third-order valence-corrected chi connectivity index (χ3v) is 5.23. The summed E-state index contributed by atoms with van der Waals surface area (Å²) in [4.78, 5) is 28.2. The van der Waals surface area contributed by atoms with E-state index in [1.807, 2.05) is 13.8 Å². The number of amides is 1. The fourth-order valence-corrected chi connectivity index (χ4v) is 3.24.